The fraction of sp³-hybridized carbons (Fsp3) is 1.00. The first-order valence-corrected chi connectivity index (χ1v) is 4.03. The topological polar surface area (TPSA) is 29.5 Å². The third-order valence-electron chi connectivity index (χ3n) is 1.29. The van der Waals surface area contributed by atoms with Crippen molar-refractivity contribution in [1.29, 1.82) is 0 Å². The Balaban J connectivity index is 2.55. The van der Waals surface area contributed by atoms with Crippen LogP contribution in [0.3, 0.4) is 0 Å². The Bertz CT molecular complexity index is 128. The molecule has 0 radical (unpaired) electrons. The number of alkyl halides is 3. The van der Waals surface area contributed by atoms with E-state index >= 15 is 0 Å². The Hall–Kier alpha value is 0.790. The van der Waals surface area contributed by atoms with Crippen LogP contribution in [0.5, 0.6) is 0 Å². The third kappa shape index (κ3) is 1.89. The van der Waals surface area contributed by atoms with Gasteiger partial charge in [-0.25, -0.2) is 0 Å². The number of ether oxygens (including phenoxy) is 1. The van der Waals surface area contributed by atoms with Crippen molar-refractivity contribution in [2.45, 2.75) is 22.4 Å². The van der Waals surface area contributed by atoms with Crippen molar-refractivity contribution >= 4 is 34.8 Å². The second-order valence-corrected chi connectivity index (χ2v) is 4.41. The van der Waals surface area contributed by atoms with E-state index in [0.717, 1.165) is 0 Å². The lowest BCUT2D eigenvalue weighted by Crippen LogP contribution is -2.42. The van der Waals surface area contributed by atoms with E-state index in [1.807, 2.05) is 0 Å². The standard InChI is InChI=1S/C5H7Cl3O2/c6-3-1-5(7,8)4(9)10-2-3/h3-4,9H,1-2H2/t3-,4+/m0/s1. The number of hydrogen-bond acceptors (Lipinski definition) is 2. The molecule has 0 aromatic heterocycles. The molecule has 0 saturated carbocycles. The minimum absolute atomic E-state index is 0.210. The van der Waals surface area contributed by atoms with E-state index < -0.39 is 10.6 Å². The number of rotatable bonds is 0. The third-order valence-corrected chi connectivity index (χ3v) is 2.25. The van der Waals surface area contributed by atoms with Crippen LogP contribution in [0.2, 0.25) is 0 Å². The van der Waals surface area contributed by atoms with Crippen LogP contribution >= 0.6 is 34.8 Å². The molecule has 1 fully saturated rings. The molecular weight excluding hydrogens is 198 g/mol. The summed E-state index contributed by atoms with van der Waals surface area (Å²) in [7, 11) is 0. The van der Waals surface area contributed by atoms with Crippen LogP contribution in [0, 0.1) is 0 Å². The van der Waals surface area contributed by atoms with Gasteiger partial charge in [-0.3, -0.25) is 0 Å². The first-order chi connectivity index (χ1) is 4.52. The zero-order valence-electron chi connectivity index (χ0n) is 5.06. The first kappa shape index (κ1) is 8.88. The summed E-state index contributed by atoms with van der Waals surface area (Å²) in [5, 5.41) is 8.80. The molecule has 1 N–H and O–H groups in total. The maximum atomic E-state index is 9.01. The zero-order chi connectivity index (χ0) is 7.78. The molecule has 2 atom stereocenters. The summed E-state index contributed by atoms with van der Waals surface area (Å²) in [6.45, 7) is 0.296. The Morgan fingerprint density at radius 1 is 1.50 bits per heavy atom. The summed E-state index contributed by atoms with van der Waals surface area (Å²) in [5.41, 5.74) is 0. The lowest BCUT2D eigenvalue weighted by Gasteiger charge is -2.32. The fourth-order valence-electron chi connectivity index (χ4n) is 0.773. The zero-order valence-corrected chi connectivity index (χ0v) is 7.33. The van der Waals surface area contributed by atoms with Gasteiger partial charge in [-0.05, 0) is 0 Å². The van der Waals surface area contributed by atoms with Crippen LogP contribution < -0.4 is 0 Å². The molecule has 10 heavy (non-hydrogen) atoms. The SMILES string of the molecule is O[C@@H]1OC[C@@H](Cl)CC1(Cl)Cl. The van der Waals surface area contributed by atoms with Crippen molar-refractivity contribution in [2.75, 3.05) is 6.61 Å². The van der Waals surface area contributed by atoms with Crippen LogP contribution in [-0.2, 0) is 4.74 Å². The smallest absolute Gasteiger partial charge is 0.188 e. The van der Waals surface area contributed by atoms with Crippen LogP contribution in [-0.4, -0.2) is 27.7 Å². The van der Waals surface area contributed by atoms with Crippen molar-refractivity contribution in [1.82, 2.24) is 0 Å². The highest BCUT2D eigenvalue weighted by Crippen LogP contribution is 2.36. The van der Waals surface area contributed by atoms with Gasteiger partial charge < -0.3 is 9.84 Å². The van der Waals surface area contributed by atoms with Gasteiger partial charge in [0.25, 0.3) is 0 Å². The van der Waals surface area contributed by atoms with E-state index in [0.29, 0.717) is 13.0 Å². The highest BCUT2D eigenvalue weighted by molar-refractivity contribution is 6.49. The second-order valence-electron chi connectivity index (χ2n) is 2.25. The lowest BCUT2D eigenvalue weighted by molar-refractivity contribution is -0.128. The van der Waals surface area contributed by atoms with Gasteiger partial charge in [0.05, 0.1) is 12.0 Å². The van der Waals surface area contributed by atoms with E-state index in [9.17, 15) is 0 Å². The number of hydrogen-bond donors (Lipinski definition) is 1. The Kier molecular flexibility index (Phi) is 2.69. The van der Waals surface area contributed by atoms with Crippen molar-refractivity contribution < 1.29 is 9.84 Å². The van der Waals surface area contributed by atoms with Crippen LogP contribution in [0.15, 0.2) is 0 Å². The maximum Gasteiger partial charge on any atom is 0.188 e. The highest BCUT2D eigenvalue weighted by Gasteiger charge is 2.40. The minimum atomic E-state index is -1.25. The number of halogens is 3. The van der Waals surface area contributed by atoms with Crippen LogP contribution in [0.25, 0.3) is 0 Å². The molecule has 1 saturated heterocycles. The predicted molar refractivity (Wildman–Crippen MR) is 40.7 cm³/mol. The van der Waals surface area contributed by atoms with Gasteiger partial charge in [0.1, 0.15) is 0 Å². The summed E-state index contributed by atoms with van der Waals surface area (Å²) >= 11 is 16.9. The Morgan fingerprint density at radius 3 is 2.50 bits per heavy atom. The molecule has 0 spiro atoms. The average Bonchev–Trinajstić information content (AvgIpc) is 1.78. The van der Waals surface area contributed by atoms with Crippen molar-refractivity contribution in [3.05, 3.63) is 0 Å². The van der Waals surface area contributed by atoms with Crippen molar-refractivity contribution in [2.24, 2.45) is 0 Å². The summed E-state index contributed by atoms with van der Waals surface area (Å²) in [6.07, 6.45) is -0.774. The number of aliphatic hydroxyl groups is 1. The lowest BCUT2D eigenvalue weighted by atomic mass is 10.2. The normalized spacial score (nSPS) is 39.6. The fourth-order valence-corrected chi connectivity index (χ4v) is 1.75. The summed E-state index contributed by atoms with van der Waals surface area (Å²) in [5.74, 6) is 0. The van der Waals surface area contributed by atoms with Gasteiger partial charge in [-0.2, -0.15) is 0 Å². The second kappa shape index (κ2) is 3.03. The molecule has 0 aromatic rings. The molecule has 2 nitrogen and oxygen atoms in total. The predicted octanol–water partition coefficient (Wildman–Crippen LogP) is 1.51. The van der Waals surface area contributed by atoms with Gasteiger partial charge in [0.15, 0.2) is 10.6 Å². The van der Waals surface area contributed by atoms with Gasteiger partial charge in [-0.15, -0.1) is 11.6 Å². The quantitative estimate of drug-likeness (QED) is 0.608. The van der Waals surface area contributed by atoms with Gasteiger partial charge >= 0.3 is 0 Å². The number of aliphatic hydroxyl groups excluding tert-OH is 1. The molecule has 0 aliphatic carbocycles. The van der Waals surface area contributed by atoms with Crippen molar-refractivity contribution in [3.8, 4) is 0 Å². The summed E-state index contributed by atoms with van der Waals surface area (Å²) in [6, 6.07) is 0. The molecule has 1 heterocycles. The molecule has 1 rings (SSSR count). The monoisotopic (exact) mass is 204 g/mol. The van der Waals surface area contributed by atoms with Crippen LogP contribution in [0.4, 0.5) is 0 Å². The largest absolute Gasteiger partial charge is 0.366 e. The van der Waals surface area contributed by atoms with Gasteiger partial charge in [0, 0.05) is 6.42 Å². The van der Waals surface area contributed by atoms with Gasteiger partial charge in [0.2, 0.25) is 0 Å². The molecular formula is C5H7Cl3O2. The maximum absolute atomic E-state index is 9.01. The van der Waals surface area contributed by atoms with Crippen LogP contribution in [0.1, 0.15) is 6.42 Å². The first-order valence-electron chi connectivity index (χ1n) is 2.84. The molecule has 0 unspecified atom stereocenters. The molecule has 0 amide bonds. The Labute approximate surface area is 74.0 Å². The molecule has 0 bridgehead atoms. The minimum Gasteiger partial charge on any atom is -0.366 e. The van der Waals surface area contributed by atoms with E-state index in [1.54, 1.807) is 0 Å². The van der Waals surface area contributed by atoms with E-state index in [2.05, 4.69) is 0 Å². The van der Waals surface area contributed by atoms with Crippen molar-refractivity contribution in [3.63, 3.8) is 0 Å². The van der Waals surface area contributed by atoms with E-state index in [-0.39, 0.29) is 5.38 Å². The molecule has 1 aliphatic rings. The Morgan fingerprint density at radius 2 is 2.10 bits per heavy atom. The molecule has 5 heteroatoms. The molecule has 1 aliphatic heterocycles. The highest BCUT2D eigenvalue weighted by atomic mass is 35.5. The molecule has 60 valence electrons. The van der Waals surface area contributed by atoms with E-state index in [4.69, 9.17) is 44.6 Å². The average molecular weight is 205 g/mol. The summed E-state index contributed by atoms with van der Waals surface area (Å²) in [4.78, 5) is 0. The molecule has 0 aromatic carbocycles. The van der Waals surface area contributed by atoms with E-state index in [1.165, 1.54) is 0 Å². The summed E-state index contributed by atoms with van der Waals surface area (Å²) < 4.78 is 3.52. The van der Waals surface area contributed by atoms with Gasteiger partial charge in [-0.1, -0.05) is 23.2 Å².